The van der Waals surface area contributed by atoms with Gasteiger partial charge in [-0.1, -0.05) is 13.8 Å². The average molecular weight is 253 g/mol. The Morgan fingerprint density at radius 3 is 2.65 bits per heavy atom. The van der Waals surface area contributed by atoms with Crippen LogP contribution in [0, 0.1) is 19.3 Å². The van der Waals surface area contributed by atoms with E-state index in [4.69, 9.17) is 5.84 Å². The molecule has 1 aromatic rings. The summed E-state index contributed by atoms with van der Waals surface area (Å²) in [7, 11) is 0. The molecule has 0 aliphatic carbocycles. The highest BCUT2D eigenvalue weighted by atomic mass is 32.2. The van der Waals surface area contributed by atoms with Crippen molar-refractivity contribution < 1.29 is 4.79 Å². The van der Waals surface area contributed by atoms with Gasteiger partial charge in [-0.3, -0.25) is 10.2 Å². The Morgan fingerprint density at radius 1 is 1.47 bits per heavy atom. The Labute approximate surface area is 106 Å². The van der Waals surface area contributed by atoms with Crippen molar-refractivity contribution in [2.75, 3.05) is 5.75 Å². The zero-order valence-electron chi connectivity index (χ0n) is 10.7. The Bertz CT molecular complexity index is 398. The first-order valence-electron chi connectivity index (χ1n) is 5.44. The molecular formula is C12H19N3OS. The molecule has 1 rings (SSSR count). The third-order valence-corrected chi connectivity index (χ3v) is 3.77. The molecule has 0 aliphatic heterocycles. The van der Waals surface area contributed by atoms with Crippen molar-refractivity contribution in [3.8, 4) is 0 Å². The SMILES string of the molecule is Cc1cc(C)nc(SCC(C)(C)C(=O)NN)c1. The van der Waals surface area contributed by atoms with E-state index >= 15 is 0 Å². The van der Waals surface area contributed by atoms with Crippen LogP contribution in [0.15, 0.2) is 17.2 Å². The van der Waals surface area contributed by atoms with Crippen LogP contribution in [-0.2, 0) is 4.79 Å². The van der Waals surface area contributed by atoms with Gasteiger partial charge < -0.3 is 0 Å². The Morgan fingerprint density at radius 2 is 2.12 bits per heavy atom. The standard InChI is InChI=1S/C12H19N3OS/c1-8-5-9(2)14-10(6-8)17-7-12(3,4)11(16)15-13/h5-6H,7,13H2,1-4H3,(H,15,16). The minimum atomic E-state index is -0.501. The van der Waals surface area contributed by atoms with Crippen molar-refractivity contribution in [2.45, 2.75) is 32.7 Å². The number of amides is 1. The number of rotatable bonds is 4. The summed E-state index contributed by atoms with van der Waals surface area (Å²) in [6.45, 7) is 7.74. The Balaban J connectivity index is 2.70. The summed E-state index contributed by atoms with van der Waals surface area (Å²) in [5, 5.41) is 0.945. The molecule has 0 saturated carbocycles. The Hall–Kier alpha value is -1.07. The molecule has 1 heterocycles. The zero-order chi connectivity index (χ0) is 13.1. The first kappa shape index (κ1) is 14.0. The lowest BCUT2D eigenvalue weighted by Crippen LogP contribution is -2.42. The summed E-state index contributed by atoms with van der Waals surface area (Å²) in [5.41, 5.74) is 3.87. The second-order valence-corrected chi connectivity index (χ2v) is 5.77. The molecule has 0 radical (unpaired) electrons. The summed E-state index contributed by atoms with van der Waals surface area (Å²) < 4.78 is 0. The average Bonchev–Trinajstić information content (AvgIpc) is 2.24. The number of thioether (sulfide) groups is 1. The molecule has 0 aliphatic rings. The van der Waals surface area contributed by atoms with Crippen molar-refractivity contribution in [1.82, 2.24) is 10.4 Å². The second kappa shape index (κ2) is 5.51. The number of aromatic nitrogens is 1. The van der Waals surface area contributed by atoms with E-state index in [-0.39, 0.29) is 5.91 Å². The number of nitrogens with zero attached hydrogens (tertiary/aromatic N) is 1. The first-order valence-corrected chi connectivity index (χ1v) is 6.43. The number of carbonyl (C=O) groups is 1. The van der Waals surface area contributed by atoms with E-state index in [1.54, 1.807) is 11.8 Å². The van der Waals surface area contributed by atoms with Crippen LogP contribution >= 0.6 is 11.8 Å². The van der Waals surface area contributed by atoms with Crippen LogP contribution in [0.5, 0.6) is 0 Å². The van der Waals surface area contributed by atoms with Gasteiger partial charge in [-0.15, -0.1) is 11.8 Å². The Kier molecular flexibility index (Phi) is 4.54. The normalized spacial score (nSPS) is 11.4. The van der Waals surface area contributed by atoms with Crippen molar-refractivity contribution in [3.63, 3.8) is 0 Å². The van der Waals surface area contributed by atoms with Gasteiger partial charge in [0, 0.05) is 11.4 Å². The summed E-state index contributed by atoms with van der Waals surface area (Å²) in [5.74, 6) is 5.64. The van der Waals surface area contributed by atoms with Crippen molar-refractivity contribution in [2.24, 2.45) is 11.3 Å². The predicted molar refractivity (Wildman–Crippen MR) is 70.5 cm³/mol. The molecule has 1 amide bonds. The van der Waals surface area contributed by atoms with E-state index in [0.717, 1.165) is 10.7 Å². The number of nitrogens with two attached hydrogens (primary N) is 1. The molecule has 17 heavy (non-hydrogen) atoms. The van der Waals surface area contributed by atoms with Gasteiger partial charge in [-0.2, -0.15) is 0 Å². The van der Waals surface area contributed by atoms with Gasteiger partial charge in [-0.25, -0.2) is 10.8 Å². The van der Waals surface area contributed by atoms with Crippen LogP contribution in [-0.4, -0.2) is 16.6 Å². The molecular weight excluding hydrogens is 234 g/mol. The number of carbonyl (C=O) groups excluding carboxylic acids is 1. The number of pyridine rings is 1. The summed E-state index contributed by atoms with van der Waals surface area (Å²) >= 11 is 1.57. The lowest BCUT2D eigenvalue weighted by Gasteiger charge is -2.21. The van der Waals surface area contributed by atoms with Crippen LogP contribution in [0.3, 0.4) is 0 Å². The molecule has 1 aromatic heterocycles. The molecule has 94 valence electrons. The van der Waals surface area contributed by atoms with E-state index in [2.05, 4.69) is 10.4 Å². The van der Waals surface area contributed by atoms with Gasteiger partial charge in [0.1, 0.15) is 0 Å². The fourth-order valence-corrected chi connectivity index (χ4v) is 2.51. The highest BCUT2D eigenvalue weighted by molar-refractivity contribution is 7.99. The van der Waals surface area contributed by atoms with Crippen molar-refractivity contribution in [1.29, 1.82) is 0 Å². The number of nitrogens with one attached hydrogen (secondary N) is 1. The molecule has 0 atom stereocenters. The molecule has 0 unspecified atom stereocenters. The van der Waals surface area contributed by atoms with Gasteiger partial charge in [0.05, 0.1) is 10.4 Å². The second-order valence-electron chi connectivity index (χ2n) is 4.77. The van der Waals surface area contributed by atoms with Crippen LogP contribution in [0.2, 0.25) is 0 Å². The molecule has 0 aromatic carbocycles. The molecule has 0 bridgehead atoms. The van der Waals surface area contributed by atoms with Crippen LogP contribution in [0.25, 0.3) is 0 Å². The van der Waals surface area contributed by atoms with Gasteiger partial charge >= 0.3 is 0 Å². The van der Waals surface area contributed by atoms with Crippen molar-refractivity contribution in [3.05, 3.63) is 23.4 Å². The summed E-state index contributed by atoms with van der Waals surface area (Å²) in [6, 6.07) is 4.05. The fraction of sp³-hybridized carbons (Fsp3) is 0.500. The van der Waals surface area contributed by atoms with E-state index in [1.807, 2.05) is 39.8 Å². The summed E-state index contributed by atoms with van der Waals surface area (Å²) in [6.07, 6.45) is 0. The third kappa shape index (κ3) is 4.02. The molecule has 0 saturated heterocycles. The highest BCUT2D eigenvalue weighted by Crippen LogP contribution is 2.27. The molecule has 5 heteroatoms. The molecule has 0 spiro atoms. The smallest absolute Gasteiger partial charge is 0.240 e. The van der Waals surface area contributed by atoms with Crippen LogP contribution < -0.4 is 11.3 Å². The largest absolute Gasteiger partial charge is 0.294 e. The van der Waals surface area contributed by atoms with Crippen LogP contribution in [0.1, 0.15) is 25.1 Å². The monoisotopic (exact) mass is 253 g/mol. The maximum absolute atomic E-state index is 11.5. The zero-order valence-corrected chi connectivity index (χ0v) is 11.5. The number of aryl methyl sites for hydroxylation is 2. The predicted octanol–water partition coefficient (Wildman–Crippen LogP) is 1.81. The third-order valence-electron chi connectivity index (χ3n) is 2.40. The maximum Gasteiger partial charge on any atom is 0.240 e. The topological polar surface area (TPSA) is 68.0 Å². The minimum absolute atomic E-state index is 0.158. The van der Waals surface area contributed by atoms with E-state index in [9.17, 15) is 4.79 Å². The lowest BCUT2D eigenvalue weighted by atomic mass is 9.96. The van der Waals surface area contributed by atoms with E-state index in [0.29, 0.717) is 5.75 Å². The van der Waals surface area contributed by atoms with Gasteiger partial charge in [-0.05, 0) is 31.5 Å². The van der Waals surface area contributed by atoms with E-state index in [1.165, 1.54) is 5.56 Å². The molecule has 4 nitrogen and oxygen atoms in total. The molecule has 0 fully saturated rings. The number of hydrogen-bond donors (Lipinski definition) is 2. The van der Waals surface area contributed by atoms with Gasteiger partial charge in [0.15, 0.2) is 0 Å². The van der Waals surface area contributed by atoms with Gasteiger partial charge in [0.2, 0.25) is 5.91 Å². The summed E-state index contributed by atoms with van der Waals surface area (Å²) in [4.78, 5) is 15.9. The minimum Gasteiger partial charge on any atom is -0.294 e. The van der Waals surface area contributed by atoms with Crippen molar-refractivity contribution >= 4 is 17.7 Å². The fourth-order valence-electron chi connectivity index (χ4n) is 1.39. The lowest BCUT2D eigenvalue weighted by molar-refractivity contribution is -0.128. The first-order chi connectivity index (χ1) is 7.85. The number of hydrazine groups is 1. The quantitative estimate of drug-likeness (QED) is 0.372. The van der Waals surface area contributed by atoms with Crippen LogP contribution in [0.4, 0.5) is 0 Å². The van der Waals surface area contributed by atoms with E-state index < -0.39 is 5.41 Å². The number of hydrogen-bond acceptors (Lipinski definition) is 4. The molecule has 3 N–H and O–H groups in total. The highest BCUT2D eigenvalue weighted by Gasteiger charge is 2.27. The van der Waals surface area contributed by atoms with Gasteiger partial charge in [0.25, 0.3) is 0 Å². The maximum atomic E-state index is 11.5.